The van der Waals surface area contributed by atoms with Crippen LogP contribution in [0.15, 0.2) is 66.7 Å². The number of thiophene rings is 1. The predicted octanol–water partition coefficient (Wildman–Crippen LogP) is 4.98. The zero-order chi connectivity index (χ0) is 21.9. The summed E-state index contributed by atoms with van der Waals surface area (Å²) in [5.41, 5.74) is 4.50. The van der Waals surface area contributed by atoms with E-state index in [4.69, 9.17) is 0 Å². The lowest BCUT2D eigenvalue weighted by Gasteiger charge is -2.29. The van der Waals surface area contributed by atoms with Gasteiger partial charge < -0.3 is 4.90 Å². The quantitative estimate of drug-likeness (QED) is 0.441. The molecule has 0 bridgehead atoms. The van der Waals surface area contributed by atoms with E-state index in [1.165, 1.54) is 27.6 Å². The van der Waals surface area contributed by atoms with Gasteiger partial charge in [-0.25, -0.2) is 4.98 Å². The summed E-state index contributed by atoms with van der Waals surface area (Å²) in [6.07, 6.45) is 4.38. The van der Waals surface area contributed by atoms with Gasteiger partial charge in [0.05, 0.1) is 15.2 Å². The molecule has 0 fully saturated rings. The minimum absolute atomic E-state index is 0.0450. The van der Waals surface area contributed by atoms with E-state index in [2.05, 4.69) is 52.4 Å². The molecule has 0 radical (unpaired) electrons. The van der Waals surface area contributed by atoms with Crippen molar-refractivity contribution in [3.8, 4) is 23.4 Å². The highest BCUT2D eigenvalue weighted by Gasteiger charge is 2.19. The Kier molecular flexibility index (Phi) is 5.56. The van der Waals surface area contributed by atoms with E-state index in [1.807, 2.05) is 42.5 Å². The van der Waals surface area contributed by atoms with Crippen molar-refractivity contribution < 1.29 is 0 Å². The van der Waals surface area contributed by atoms with Gasteiger partial charge in [0, 0.05) is 22.7 Å². The number of aryl methyl sites for hydroxylation is 1. The number of hydrogen-bond donors (Lipinski definition) is 0. The van der Waals surface area contributed by atoms with E-state index in [0.29, 0.717) is 4.66 Å². The van der Waals surface area contributed by atoms with Crippen molar-refractivity contribution in [2.75, 3.05) is 11.4 Å². The zero-order valence-electron chi connectivity index (χ0n) is 17.2. The number of anilines is 2. The Morgan fingerprint density at radius 1 is 0.938 bits per heavy atom. The van der Waals surface area contributed by atoms with Crippen LogP contribution in [-0.2, 0) is 6.42 Å². The highest BCUT2D eigenvalue weighted by Crippen LogP contribution is 2.37. The molecule has 0 atom stereocenters. The van der Waals surface area contributed by atoms with Crippen molar-refractivity contribution in [1.82, 2.24) is 4.98 Å². The molecule has 6 heteroatoms. The molecular weight excluding hydrogens is 432 g/mol. The Bertz CT molecular complexity index is 1470. The first-order chi connectivity index (χ1) is 15.8. The maximum Gasteiger partial charge on any atom is 0.165 e. The molecule has 1 aliphatic heterocycles. The van der Waals surface area contributed by atoms with Crippen LogP contribution in [0.4, 0.5) is 10.7 Å². The smallest absolute Gasteiger partial charge is 0.165 e. The Balaban J connectivity index is 1.60. The SMILES string of the molecule is N#CC(C#N)=c1nc(-c2ccccc2)/c(=C/c2ccc(N3CCCc4ccccc43)s2)s1. The Morgan fingerprint density at radius 2 is 1.72 bits per heavy atom. The van der Waals surface area contributed by atoms with Gasteiger partial charge in [-0.2, -0.15) is 10.5 Å². The van der Waals surface area contributed by atoms with Crippen LogP contribution in [0.2, 0.25) is 0 Å². The number of aromatic nitrogens is 1. The number of rotatable bonds is 3. The molecule has 2 aromatic carbocycles. The van der Waals surface area contributed by atoms with Crippen LogP contribution in [0.25, 0.3) is 22.9 Å². The van der Waals surface area contributed by atoms with Gasteiger partial charge in [0.25, 0.3) is 0 Å². The van der Waals surface area contributed by atoms with Gasteiger partial charge in [0.2, 0.25) is 0 Å². The summed E-state index contributed by atoms with van der Waals surface area (Å²) < 4.78 is 1.41. The molecule has 1 aliphatic rings. The number of para-hydroxylation sites is 1. The lowest BCUT2D eigenvalue weighted by Crippen LogP contribution is -2.23. The van der Waals surface area contributed by atoms with Gasteiger partial charge >= 0.3 is 0 Å². The average molecular weight is 451 g/mol. The van der Waals surface area contributed by atoms with Crippen LogP contribution in [0, 0.1) is 22.7 Å². The van der Waals surface area contributed by atoms with Gasteiger partial charge in [0.1, 0.15) is 16.8 Å². The summed E-state index contributed by atoms with van der Waals surface area (Å²) in [6.45, 7) is 1.01. The number of hydrogen-bond acceptors (Lipinski definition) is 6. The molecule has 154 valence electrons. The largest absolute Gasteiger partial charge is 0.333 e. The van der Waals surface area contributed by atoms with Crippen molar-refractivity contribution in [3.63, 3.8) is 0 Å². The topological polar surface area (TPSA) is 63.7 Å². The molecule has 4 aromatic rings. The normalized spacial score (nSPS) is 13.3. The third-order valence-corrected chi connectivity index (χ3v) is 7.48. The first kappa shape index (κ1) is 20.2. The highest BCUT2D eigenvalue weighted by molar-refractivity contribution is 7.17. The van der Waals surface area contributed by atoms with E-state index in [9.17, 15) is 10.5 Å². The first-order valence-corrected chi connectivity index (χ1v) is 11.9. The average Bonchev–Trinajstić information content (AvgIpc) is 3.48. The summed E-state index contributed by atoms with van der Waals surface area (Å²) in [6, 6.07) is 26.7. The van der Waals surface area contributed by atoms with Crippen LogP contribution < -0.4 is 14.1 Å². The maximum absolute atomic E-state index is 9.31. The van der Waals surface area contributed by atoms with Gasteiger partial charge in [-0.3, -0.25) is 0 Å². The Hall–Kier alpha value is -3.71. The lowest BCUT2D eigenvalue weighted by molar-refractivity contribution is 0.770. The van der Waals surface area contributed by atoms with Crippen LogP contribution >= 0.6 is 22.7 Å². The number of thiazole rings is 1. The second-order valence-electron chi connectivity index (χ2n) is 7.40. The zero-order valence-corrected chi connectivity index (χ0v) is 18.8. The monoisotopic (exact) mass is 450 g/mol. The summed E-state index contributed by atoms with van der Waals surface area (Å²) in [7, 11) is 0. The number of nitrogens with zero attached hydrogens (tertiary/aromatic N) is 4. The fraction of sp³-hybridized carbons (Fsp3) is 0.115. The van der Waals surface area contributed by atoms with Crippen molar-refractivity contribution in [3.05, 3.63) is 86.4 Å². The van der Waals surface area contributed by atoms with Gasteiger partial charge in [-0.05, 0) is 42.7 Å². The van der Waals surface area contributed by atoms with E-state index >= 15 is 0 Å². The second-order valence-corrected chi connectivity index (χ2v) is 9.53. The molecule has 0 N–H and O–H groups in total. The second kappa shape index (κ2) is 8.80. The molecule has 5 rings (SSSR count). The van der Waals surface area contributed by atoms with Crippen molar-refractivity contribution in [2.24, 2.45) is 0 Å². The third-order valence-electron chi connectivity index (χ3n) is 5.40. The van der Waals surface area contributed by atoms with Crippen molar-refractivity contribution >= 4 is 45.0 Å². The third kappa shape index (κ3) is 3.83. The molecule has 0 amide bonds. The molecule has 3 heterocycles. The van der Waals surface area contributed by atoms with Gasteiger partial charge in [-0.15, -0.1) is 22.7 Å². The fourth-order valence-electron chi connectivity index (χ4n) is 3.92. The van der Waals surface area contributed by atoms with Crippen LogP contribution in [0.1, 0.15) is 16.9 Å². The molecule has 2 aromatic heterocycles. The minimum atomic E-state index is 0.0450. The van der Waals surface area contributed by atoms with E-state index in [1.54, 1.807) is 11.3 Å². The molecule has 0 aliphatic carbocycles. The first-order valence-electron chi connectivity index (χ1n) is 10.3. The highest BCUT2D eigenvalue weighted by atomic mass is 32.1. The molecule has 0 saturated carbocycles. The van der Waals surface area contributed by atoms with Gasteiger partial charge in [-0.1, -0.05) is 48.5 Å². The van der Waals surface area contributed by atoms with Crippen molar-refractivity contribution in [1.29, 1.82) is 10.5 Å². The number of fused-ring (bicyclic) bond motifs is 1. The van der Waals surface area contributed by atoms with Crippen molar-refractivity contribution in [2.45, 2.75) is 12.8 Å². The molecule has 0 saturated heterocycles. The predicted molar refractivity (Wildman–Crippen MR) is 131 cm³/mol. The van der Waals surface area contributed by atoms with Crippen LogP contribution in [0.5, 0.6) is 0 Å². The Morgan fingerprint density at radius 3 is 2.53 bits per heavy atom. The van der Waals surface area contributed by atoms with Crippen LogP contribution in [-0.4, -0.2) is 11.5 Å². The summed E-state index contributed by atoms with van der Waals surface area (Å²) in [5, 5.41) is 19.8. The van der Waals surface area contributed by atoms with Gasteiger partial charge in [0.15, 0.2) is 5.57 Å². The standard InChI is InChI=1S/C26H18N4S2/c27-16-20(17-28)26-29-25(19-8-2-1-3-9-19)23(32-26)15-21-12-13-24(31-21)30-14-6-10-18-7-4-5-11-22(18)30/h1-5,7-9,11-13,15H,6,10,14H2/b23-15-. The lowest BCUT2D eigenvalue weighted by atomic mass is 10.0. The number of benzene rings is 2. The fourth-order valence-corrected chi connectivity index (χ4v) is 5.97. The van der Waals surface area contributed by atoms with E-state index < -0.39 is 0 Å². The minimum Gasteiger partial charge on any atom is -0.333 e. The van der Waals surface area contributed by atoms with Crippen LogP contribution in [0.3, 0.4) is 0 Å². The number of nitriles is 2. The molecule has 0 spiro atoms. The van der Waals surface area contributed by atoms with E-state index in [0.717, 1.165) is 40.1 Å². The Labute approximate surface area is 194 Å². The molecular formula is C26H18N4S2. The van der Waals surface area contributed by atoms with E-state index in [-0.39, 0.29) is 5.57 Å². The molecule has 4 nitrogen and oxygen atoms in total. The maximum atomic E-state index is 9.31. The summed E-state index contributed by atoms with van der Waals surface area (Å²) in [5.74, 6) is 0. The molecule has 0 unspecified atom stereocenters. The summed E-state index contributed by atoms with van der Waals surface area (Å²) in [4.78, 5) is 8.16. The molecule has 32 heavy (non-hydrogen) atoms. The summed E-state index contributed by atoms with van der Waals surface area (Å²) >= 11 is 3.13.